The summed E-state index contributed by atoms with van der Waals surface area (Å²) in [7, 11) is 0. The van der Waals surface area contributed by atoms with Crippen molar-refractivity contribution < 1.29 is 0 Å². The van der Waals surface area contributed by atoms with E-state index in [2.05, 4.69) is 140 Å². The molecule has 0 radical (unpaired) electrons. The molecular weight excluding hydrogens is 773 g/mol. The van der Waals surface area contributed by atoms with Gasteiger partial charge in [0.25, 0.3) is 0 Å². The molecule has 5 heteroatoms. The first-order valence-electron chi connectivity index (χ1n) is 20.7. The van der Waals surface area contributed by atoms with Gasteiger partial charge in [-0.25, -0.2) is 15.0 Å². The van der Waals surface area contributed by atoms with Crippen LogP contribution < -0.4 is 0 Å². The second-order valence-corrected chi connectivity index (χ2v) is 16.9. The Morgan fingerprint density at radius 3 is 1.56 bits per heavy atom. The van der Waals surface area contributed by atoms with Crippen molar-refractivity contribution in [2.75, 3.05) is 0 Å². The summed E-state index contributed by atoms with van der Waals surface area (Å²) in [5, 5.41) is 12.1. The molecule has 1 aliphatic carbocycles. The first-order valence-corrected chi connectivity index (χ1v) is 21.6. The zero-order valence-electron chi connectivity index (χ0n) is 33.3. The summed E-state index contributed by atoms with van der Waals surface area (Å²) < 4.78 is 0. The number of aromatic nitrogens is 3. The van der Waals surface area contributed by atoms with Gasteiger partial charge >= 0.3 is 0 Å². The maximum atomic E-state index is 9.66. The van der Waals surface area contributed by atoms with Crippen LogP contribution in [-0.4, -0.2) is 15.0 Å². The Morgan fingerprint density at radius 1 is 0.371 bits per heavy atom. The van der Waals surface area contributed by atoms with Crippen LogP contribution in [0.5, 0.6) is 0 Å². The molecular formula is C57H34N4S. The average molecular weight is 807 g/mol. The zero-order chi connectivity index (χ0) is 41.2. The fraction of sp³-hybridized carbons (Fsp3) is 0.0175. The Morgan fingerprint density at radius 2 is 0.887 bits per heavy atom. The van der Waals surface area contributed by atoms with Crippen molar-refractivity contribution in [1.29, 1.82) is 5.26 Å². The molecule has 0 bridgehead atoms. The largest absolute Gasteiger partial charge is 0.208 e. The molecule has 0 amide bonds. The summed E-state index contributed by atoms with van der Waals surface area (Å²) in [6.07, 6.45) is 0. The molecule has 1 atom stereocenters. The highest BCUT2D eigenvalue weighted by atomic mass is 32.2. The highest BCUT2D eigenvalue weighted by Crippen LogP contribution is 2.64. The number of nitriles is 1. The van der Waals surface area contributed by atoms with Crippen LogP contribution in [0, 0.1) is 11.3 Å². The molecule has 9 aromatic carbocycles. The van der Waals surface area contributed by atoms with Crippen LogP contribution in [0.15, 0.2) is 216 Å². The molecule has 1 aliphatic heterocycles. The lowest BCUT2D eigenvalue weighted by Crippen LogP contribution is -2.32. The van der Waals surface area contributed by atoms with E-state index in [4.69, 9.17) is 15.0 Å². The van der Waals surface area contributed by atoms with Crippen LogP contribution in [0.25, 0.3) is 78.3 Å². The van der Waals surface area contributed by atoms with Gasteiger partial charge in [0.05, 0.1) is 17.0 Å². The normalized spacial score (nSPS) is 14.4. The summed E-state index contributed by atoms with van der Waals surface area (Å²) in [6.45, 7) is 0. The quantitative estimate of drug-likeness (QED) is 0.173. The van der Waals surface area contributed by atoms with Gasteiger partial charge < -0.3 is 0 Å². The SMILES string of the molecule is N#Cc1ccc(-c2cc3c(c4ccccc24)-c2ccccc2C32c3ccccc3Sc3ccc(-c4ccc(-c5nc(-c6ccccc6)nc(-c6ccccc6)n5)cc4)cc32)cc1. The zero-order valence-corrected chi connectivity index (χ0v) is 34.1. The first-order chi connectivity index (χ1) is 30.7. The Balaban J connectivity index is 1.04. The topological polar surface area (TPSA) is 62.5 Å². The minimum Gasteiger partial charge on any atom is -0.208 e. The van der Waals surface area contributed by atoms with Gasteiger partial charge in [0.1, 0.15) is 0 Å². The average Bonchev–Trinajstić information content (AvgIpc) is 3.64. The number of fused-ring (bicyclic) bond motifs is 11. The second-order valence-electron chi connectivity index (χ2n) is 15.8. The summed E-state index contributed by atoms with van der Waals surface area (Å²) in [6, 6.07) is 75.3. The molecule has 1 spiro atoms. The Bertz CT molecular complexity index is 3370. The van der Waals surface area contributed by atoms with Gasteiger partial charge in [-0.15, -0.1) is 0 Å². The van der Waals surface area contributed by atoms with Crippen molar-refractivity contribution in [1.82, 2.24) is 15.0 Å². The third-order valence-electron chi connectivity index (χ3n) is 12.4. The molecule has 288 valence electrons. The van der Waals surface area contributed by atoms with E-state index < -0.39 is 5.41 Å². The minimum absolute atomic E-state index is 0.586. The van der Waals surface area contributed by atoms with E-state index in [1.54, 1.807) is 0 Å². The molecule has 12 rings (SSSR count). The van der Waals surface area contributed by atoms with Crippen LogP contribution in [0.1, 0.15) is 27.8 Å². The van der Waals surface area contributed by atoms with Crippen molar-refractivity contribution >= 4 is 22.5 Å². The first kappa shape index (κ1) is 36.0. The van der Waals surface area contributed by atoms with Gasteiger partial charge in [-0.05, 0) is 103 Å². The molecule has 10 aromatic rings. The van der Waals surface area contributed by atoms with Gasteiger partial charge in [-0.1, -0.05) is 182 Å². The number of hydrogen-bond donors (Lipinski definition) is 0. The van der Waals surface area contributed by atoms with Crippen LogP contribution in [-0.2, 0) is 5.41 Å². The highest BCUT2D eigenvalue weighted by Gasteiger charge is 2.51. The minimum atomic E-state index is -0.586. The van der Waals surface area contributed by atoms with Gasteiger partial charge in [0.15, 0.2) is 17.5 Å². The van der Waals surface area contributed by atoms with Crippen LogP contribution in [0.4, 0.5) is 0 Å². The molecule has 0 fully saturated rings. The third kappa shape index (κ3) is 5.58. The highest BCUT2D eigenvalue weighted by molar-refractivity contribution is 7.99. The fourth-order valence-corrected chi connectivity index (χ4v) is 10.8. The van der Waals surface area contributed by atoms with Gasteiger partial charge in [0, 0.05) is 26.5 Å². The van der Waals surface area contributed by atoms with E-state index in [-0.39, 0.29) is 0 Å². The van der Waals surface area contributed by atoms with Crippen LogP contribution >= 0.6 is 11.8 Å². The Hall–Kier alpha value is -7.91. The van der Waals surface area contributed by atoms with E-state index in [0.29, 0.717) is 23.0 Å². The number of benzene rings is 9. The van der Waals surface area contributed by atoms with Crippen molar-refractivity contribution in [2.24, 2.45) is 0 Å². The lowest BCUT2D eigenvalue weighted by molar-refractivity contribution is 0.723. The number of rotatable bonds is 5. The van der Waals surface area contributed by atoms with Gasteiger partial charge in [0.2, 0.25) is 0 Å². The smallest absolute Gasteiger partial charge is 0.164 e. The molecule has 0 N–H and O–H groups in total. The maximum absolute atomic E-state index is 9.66. The van der Waals surface area contributed by atoms with Crippen molar-refractivity contribution in [3.8, 4) is 73.6 Å². The molecule has 2 aliphatic rings. The lowest BCUT2D eigenvalue weighted by Gasteiger charge is -2.40. The monoisotopic (exact) mass is 806 g/mol. The van der Waals surface area contributed by atoms with Gasteiger partial charge in [-0.2, -0.15) is 5.26 Å². The lowest BCUT2D eigenvalue weighted by atomic mass is 9.66. The summed E-state index contributed by atoms with van der Waals surface area (Å²) >= 11 is 1.85. The molecule has 4 nitrogen and oxygen atoms in total. The maximum Gasteiger partial charge on any atom is 0.164 e. The molecule has 0 saturated carbocycles. The Kier molecular flexibility index (Phi) is 8.35. The third-order valence-corrected chi connectivity index (χ3v) is 13.6. The molecule has 2 heterocycles. The summed E-state index contributed by atoms with van der Waals surface area (Å²) in [5.41, 5.74) is 15.0. The summed E-state index contributed by atoms with van der Waals surface area (Å²) in [5.74, 6) is 1.92. The number of hydrogen-bond acceptors (Lipinski definition) is 5. The second kappa shape index (κ2) is 14.4. The van der Waals surface area contributed by atoms with E-state index in [1.165, 1.54) is 53.9 Å². The molecule has 1 aromatic heterocycles. The molecule has 62 heavy (non-hydrogen) atoms. The van der Waals surface area contributed by atoms with E-state index in [1.807, 2.05) is 84.6 Å². The van der Waals surface area contributed by atoms with Crippen molar-refractivity contribution in [2.45, 2.75) is 15.2 Å². The Labute approximate surface area is 363 Å². The number of nitrogens with zero attached hydrogens (tertiary/aromatic N) is 4. The van der Waals surface area contributed by atoms with Gasteiger partial charge in [-0.3, -0.25) is 0 Å². The van der Waals surface area contributed by atoms with E-state index in [9.17, 15) is 5.26 Å². The van der Waals surface area contributed by atoms with E-state index in [0.717, 1.165) is 38.9 Å². The predicted octanol–water partition coefficient (Wildman–Crippen LogP) is 14.1. The van der Waals surface area contributed by atoms with Crippen molar-refractivity contribution in [3.63, 3.8) is 0 Å². The predicted molar refractivity (Wildman–Crippen MR) is 251 cm³/mol. The molecule has 0 saturated heterocycles. The van der Waals surface area contributed by atoms with Crippen LogP contribution in [0.3, 0.4) is 0 Å². The van der Waals surface area contributed by atoms with Crippen molar-refractivity contribution in [3.05, 3.63) is 234 Å². The fourth-order valence-electron chi connectivity index (χ4n) is 9.65. The van der Waals surface area contributed by atoms with E-state index >= 15 is 0 Å². The van der Waals surface area contributed by atoms with Crippen LogP contribution in [0.2, 0.25) is 0 Å². The standard InChI is InChI=1S/C57H34N4S/c58-35-36-23-25-38(26-24-36)46-34-50-53(44-18-8-7-17-43(44)46)45-19-9-10-20-47(45)57(50)48-21-11-12-22-51(48)62-52-32-31-42(33-49(52)57)37-27-29-41(30-28-37)56-60-54(39-13-3-1-4-14-39)59-55(61-56)40-15-5-2-6-16-40/h1-34H. The summed E-state index contributed by atoms with van der Waals surface area (Å²) in [4.78, 5) is 17.4. The molecule has 1 unspecified atom stereocenters.